The van der Waals surface area contributed by atoms with Crippen molar-refractivity contribution in [2.75, 3.05) is 6.54 Å². The summed E-state index contributed by atoms with van der Waals surface area (Å²) in [5, 5.41) is 4.36. The topological polar surface area (TPSA) is 56.2 Å². The maximum absolute atomic E-state index is 6.14. The Hall–Kier alpha value is -1.08. The molecule has 0 spiro atoms. The minimum Gasteiger partial charge on any atom is -0.330 e. The molecule has 0 aliphatic rings. The summed E-state index contributed by atoms with van der Waals surface area (Å²) in [7, 11) is 0. The molecule has 0 atom stereocenters. The van der Waals surface area contributed by atoms with Gasteiger partial charge in [-0.2, -0.15) is 0 Å². The first-order chi connectivity index (χ1) is 9.29. The molecule has 0 radical (unpaired) electrons. The average Bonchev–Trinajstić information content (AvgIpc) is 2.96. The summed E-state index contributed by atoms with van der Waals surface area (Å²) in [5.41, 5.74) is 6.80. The lowest BCUT2D eigenvalue weighted by Crippen LogP contribution is -2.05. The first-order valence-corrected chi connectivity index (χ1v) is 7.80. The molecule has 98 valence electrons. The predicted molar refractivity (Wildman–Crippen MR) is 79.2 cm³/mol. The van der Waals surface area contributed by atoms with Crippen LogP contribution < -0.4 is 5.73 Å². The van der Waals surface area contributed by atoms with Crippen molar-refractivity contribution in [3.05, 3.63) is 40.6 Å². The van der Waals surface area contributed by atoms with Crippen molar-refractivity contribution in [3.63, 3.8) is 0 Å². The fourth-order valence-corrected chi connectivity index (χ4v) is 3.74. The SMILES string of the molecule is NCCc1c(Sc2ncccc2Cl)nc2sccn12. The van der Waals surface area contributed by atoms with Crippen molar-refractivity contribution in [2.45, 2.75) is 16.5 Å². The van der Waals surface area contributed by atoms with Gasteiger partial charge in [0.2, 0.25) is 0 Å². The standard InChI is InChI=1S/C12H11ClN4S2/c13-8-2-1-5-15-10(8)19-11-9(3-4-14)17-6-7-18-12(17)16-11/h1-2,5-7H,3-4,14H2. The van der Waals surface area contributed by atoms with Gasteiger partial charge in [-0.15, -0.1) is 11.3 Å². The van der Waals surface area contributed by atoms with Gasteiger partial charge in [0.25, 0.3) is 0 Å². The molecule has 3 rings (SSSR count). The van der Waals surface area contributed by atoms with Gasteiger partial charge in [-0.1, -0.05) is 11.6 Å². The van der Waals surface area contributed by atoms with E-state index in [1.165, 1.54) is 11.8 Å². The normalized spacial score (nSPS) is 11.3. The molecule has 2 N–H and O–H groups in total. The van der Waals surface area contributed by atoms with E-state index < -0.39 is 0 Å². The molecule has 4 nitrogen and oxygen atoms in total. The van der Waals surface area contributed by atoms with Gasteiger partial charge in [0.15, 0.2) is 4.96 Å². The molecule has 0 amide bonds. The van der Waals surface area contributed by atoms with Gasteiger partial charge in [-0.3, -0.25) is 4.40 Å². The van der Waals surface area contributed by atoms with Crippen molar-refractivity contribution in [1.29, 1.82) is 0 Å². The van der Waals surface area contributed by atoms with Crippen LogP contribution in [0.5, 0.6) is 0 Å². The molecule has 3 heterocycles. The lowest BCUT2D eigenvalue weighted by Gasteiger charge is -2.03. The van der Waals surface area contributed by atoms with Crippen LogP contribution in [-0.2, 0) is 6.42 Å². The van der Waals surface area contributed by atoms with Gasteiger partial charge in [-0.25, -0.2) is 9.97 Å². The minimum absolute atomic E-state index is 0.590. The van der Waals surface area contributed by atoms with Crippen molar-refractivity contribution < 1.29 is 0 Å². The Morgan fingerprint density at radius 2 is 2.32 bits per heavy atom. The quantitative estimate of drug-likeness (QED) is 0.804. The Kier molecular flexibility index (Phi) is 3.74. The van der Waals surface area contributed by atoms with E-state index >= 15 is 0 Å². The number of imidazole rings is 1. The number of halogens is 1. The Morgan fingerprint density at radius 3 is 3.11 bits per heavy atom. The average molecular weight is 311 g/mol. The molecule has 0 saturated heterocycles. The molecule has 0 saturated carbocycles. The highest BCUT2D eigenvalue weighted by atomic mass is 35.5. The number of fused-ring (bicyclic) bond motifs is 1. The number of aromatic nitrogens is 3. The van der Waals surface area contributed by atoms with Crippen LogP contribution in [0.2, 0.25) is 5.02 Å². The van der Waals surface area contributed by atoms with Crippen LogP contribution in [0, 0.1) is 0 Å². The van der Waals surface area contributed by atoms with Gasteiger partial charge in [0.05, 0.1) is 10.7 Å². The summed E-state index contributed by atoms with van der Waals surface area (Å²) in [5.74, 6) is 0. The first kappa shape index (κ1) is 12.9. The number of nitrogens with zero attached hydrogens (tertiary/aromatic N) is 3. The highest BCUT2D eigenvalue weighted by Crippen LogP contribution is 2.34. The van der Waals surface area contributed by atoms with Crippen molar-refractivity contribution >= 4 is 39.7 Å². The number of pyridine rings is 1. The van der Waals surface area contributed by atoms with Crippen LogP contribution in [0.1, 0.15) is 5.69 Å². The second kappa shape index (κ2) is 5.50. The largest absolute Gasteiger partial charge is 0.330 e. The molecule has 3 aromatic rings. The lowest BCUT2D eigenvalue weighted by atomic mass is 10.3. The number of hydrogen-bond donors (Lipinski definition) is 1. The maximum atomic E-state index is 6.14. The molecule has 19 heavy (non-hydrogen) atoms. The Morgan fingerprint density at radius 1 is 1.42 bits per heavy atom. The number of rotatable bonds is 4. The smallest absolute Gasteiger partial charge is 0.194 e. The monoisotopic (exact) mass is 310 g/mol. The zero-order valence-corrected chi connectivity index (χ0v) is 12.3. The fraction of sp³-hybridized carbons (Fsp3) is 0.167. The number of thiazole rings is 1. The van der Waals surface area contributed by atoms with Gasteiger partial charge in [0.1, 0.15) is 10.1 Å². The minimum atomic E-state index is 0.590. The first-order valence-electron chi connectivity index (χ1n) is 5.72. The maximum Gasteiger partial charge on any atom is 0.194 e. The molecule has 0 aromatic carbocycles. The van der Waals surface area contributed by atoms with Gasteiger partial charge < -0.3 is 5.73 Å². The molecular formula is C12H11ClN4S2. The molecule has 0 aliphatic heterocycles. The molecule has 3 aromatic heterocycles. The van der Waals surface area contributed by atoms with Crippen LogP contribution in [-0.4, -0.2) is 20.9 Å². The van der Waals surface area contributed by atoms with Gasteiger partial charge in [0, 0.05) is 24.2 Å². The van der Waals surface area contributed by atoms with E-state index in [4.69, 9.17) is 17.3 Å². The molecule has 7 heteroatoms. The highest BCUT2D eigenvalue weighted by molar-refractivity contribution is 7.99. The highest BCUT2D eigenvalue weighted by Gasteiger charge is 2.15. The summed E-state index contributed by atoms with van der Waals surface area (Å²) in [4.78, 5) is 9.87. The fourth-order valence-electron chi connectivity index (χ4n) is 1.80. The third-order valence-corrected chi connectivity index (χ3v) is 4.84. The third kappa shape index (κ3) is 2.49. The number of hydrogen-bond acceptors (Lipinski definition) is 5. The molecular weight excluding hydrogens is 300 g/mol. The second-order valence-electron chi connectivity index (χ2n) is 3.85. The summed E-state index contributed by atoms with van der Waals surface area (Å²) in [6.45, 7) is 0.590. The van der Waals surface area contributed by atoms with Crippen LogP contribution in [0.3, 0.4) is 0 Å². The zero-order chi connectivity index (χ0) is 13.2. The summed E-state index contributed by atoms with van der Waals surface area (Å²) in [6.07, 6.45) is 4.53. The number of nitrogens with two attached hydrogens (primary N) is 1. The van der Waals surface area contributed by atoms with E-state index in [0.717, 1.165) is 27.1 Å². The Balaban J connectivity index is 2.02. The van der Waals surface area contributed by atoms with Crippen LogP contribution in [0.25, 0.3) is 4.96 Å². The van der Waals surface area contributed by atoms with Crippen LogP contribution in [0.15, 0.2) is 40.0 Å². The Labute approximate surface area is 123 Å². The van der Waals surface area contributed by atoms with Crippen molar-refractivity contribution in [3.8, 4) is 0 Å². The lowest BCUT2D eigenvalue weighted by molar-refractivity contribution is 0.878. The van der Waals surface area contributed by atoms with Crippen LogP contribution >= 0.6 is 34.7 Å². The van der Waals surface area contributed by atoms with E-state index in [-0.39, 0.29) is 0 Å². The third-order valence-electron chi connectivity index (χ3n) is 2.62. The van der Waals surface area contributed by atoms with E-state index in [2.05, 4.69) is 14.4 Å². The molecule has 0 bridgehead atoms. The molecule has 0 unspecified atom stereocenters. The van der Waals surface area contributed by atoms with Gasteiger partial charge >= 0.3 is 0 Å². The predicted octanol–water partition coefficient (Wildman–Crippen LogP) is 3.10. The van der Waals surface area contributed by atoms with Crippen molar-refractivity contribution in [1.82, 2.24) is 14.4 Å². The van der Waals surface area contributed by atoms with E-state index in [1.54, 1.807) is 17.5 Å². The van der Waals surface area contributed by atoms with E-state index in [0.29, 0.717) is 11.6 Å². The Bertz CT molecular complexity index is 707. The van der Waals surface area contributed by atoms with Gasteiger partial charge in [-0.05, 0) is 30.4 Å². The van der Waals surface area contributed by atoms with Crippen LogP contribution in [0.4, 0.5) is 0 Å². The van der Waals surface area contributed by atoms with E-state index in [9.17, 15) is 0 Å². The second-order valence-corrected chi connectivity index (χ2v) is 6.11. The molecule has 0 fully saturated rings. The summed E-state index contributed by atoms with van der Waals surface area (Å²) >= 11 is 9.23. The summed E-state index contributed by atoms with van der Waals surface area (Å²) in [6, 6.07) is 3.65. The zero-order valence-electron chi connectivity index (χ0n) is 9.91. The summed E-state index contributed by atoms with van der Waals surface area (Å²) < 4.78 is 2.08. The van der Waals surface area contributed by atoms with E-state index in [1.807, 2.05) is 23.7 Å². The molecule has 0 aliphatic carbocycles. The van der Waals surface area contributed by atoms with Crippen molar-refractivity contribution in [2.24, 2.45) is 5.73 Å².